The van der Waals surface area contributed by atoms with Crippen LogP contribution in [0.2, 0.25) is 0 Å². The third kappa shape index (κ3) is 4.73. The summed E-state index contributed by atoms with van der Waals surface area (Å²) >= 11 is 0. The summed E-state index contributed by atoms with van der Waals surface area (Å²) < 4.78 is 5.00. The lowest BCUT2D eigenvalue weighted by Gasteiger charge is -2.22. The zero-order valence-corrected chi connectivity index (χ0v) is 30.7. The highest BCUT2D eigenvalue weighted by molar-refractivity contribution is 6.21. The Bertz CT molecular complexity index is 3040. The van der Waals surface area contributed by atoms with Gasteiger partial charge in [-0.05, 0) is 70.8 Å². The number of hydrogen-bond donors (Lipinski definition) is 0. The molecule has 1 aliphatic rings. The molecule has 0 spiro atoms. The lowest BCUT2D eigenvalue weighted by Crippen LogP contribution is -2.15. The van der Waals surface area contributed by atoms with Crippen LogP contribution in [-0.2, 0) is 5.41 Å². The number of aromatic nitrogens is 3. The monoisotopic (exact) mass is 703 g/mol. The number of benzene rings is 7. The maximum Gasteiger partial charge on any atom is 0.0716 e. The average molecular weight is 704 g/mol. The molecule has 55 heavy (non-hydrogen) atoms. The Morgan fingerprint density at radius 2 is 1.05 bits per heavy atom. The number of fused-ring (bicyclic) bond motifs is 9. The summed E-state index contributed by atoms with van der Waals surface area (Å²) in [5, 5.41) is 3.80. The smallest absolute Gasteiger partial charge is 0.0716 e. The van der Waals surface area contributed by atoms with Crippen LogP contribution in [0.25, 0.3) is 89.0 Å². The van der Waals surface area contributed by atoms with Gasteiger partial charge in [-0.25, -0.2) is 4.98 Å². The molecule has 0 unspecified atom stereocenters. The number of nitrogens with zero attached hydrogens (tertiary/aromatic N) is 3. The summed E-state index contributed by atoms with van der Waals surface area (Å²) in [5.41, 5.74) is 17.4. The van der Waals surface area contributed by atoms with Crippen LogP contribution in [0.4, 0.5) is 0 Å². The van der Waals surface area contributed by atoms with Crippen LogP contribution in [0.5, 0.6) is 0 Å². The molecule has 3 heterocycles. The van der Waals surface area contributed by atoms with Crippen molar-refractivity contribution in [3.63, 3.8) is 0 Å². The van der Waals surface area contributed by atoms with Gasteiger partial charge in [-0.15, -0.1) is 0 Å². The third-order valence-electron chi connectivity index (χ3n) is 11.7. The van der Waals surface area contributed by atoms with Crippen molar-refractivity contribution in [1.82, 2.24) is 14.1 Å². The van der Waals surface area contributed by atoms with Gasteiger partial charge >= 0.3 is 0 Å². The Kier molecular flexibility index (Phi) is 6.90. The molecule has 10 aromatic rings. The third-order valence-corrected chi connectivity index (χ3v) is 11.7. The van der Waals surface area contributed by atoms with Crippen LogP contribution in [0.1, 0.15) is 25.0 Å². The molecule has 0 saturated carbocycles. The van der Waals surface area contributed by atoms with Gasteiger partial charge in [0.1, 0.15) is 0 Å². The van der Waals surface area contributed by atoms with Crippen LogP contribution < -0.4 is 0 Å². The fourth-order valence-electron chi connectivity index (χ4n) is 9.21. The van der Waals surface area contributed by atoms with E-state index >= 15 is 0 Å². The minimum absolute atomic E-state index is 0.211. The summed E-state index contributed by atoms with van der Waals surface area (Å²) in [6.45, 7) is 4.79. The van der Waals surface area contributed by atoms with Crippen LogP contribution in [0, 0.1) is 0 Å². The number of pyridine rings is 1. The second kappa shape index (κ2) is 12.0. The summed E-state index contributed by atoms with van der Waals surface area (Å²) in [6.07, 6.45) is 0. The molecule has 7 aromatic carbocycles. The van der Waals surface area contributed by atoms with E-state index in [0.29, 0.717) is 0 Å². The van der Waals surface area contributed by atoms with Gasteiger partial charge in [-0.3, -0.25) is 0 Å². The van der Waals surface area contributed by atoms with Gasteiger partial charge < -0.3 is 9.13 Å². The highest BCUT2D eigenvalue weighted by atomic mass is 15.0. The van der Waals surface area contributed by atoms with Gasteiger partial charge in [0.15, 0.2) is 0 Å². The van der Waals surface area contributed by atoms with E-state index in [-0.39, 0.29) is 5.41 Å². The van der Waals surface area contributed by atoms with Gasteiger partial charge in [0.2, 0.25) is 0 Å². The van der Waals surface area contributed by atoms with E-state index in [1.807, 2.05) is 0 Å². The zero-order chi connectivity index (χ0) is 36.7. The van der Waals surface area contributed by atoms with Crippen molar-refractivity contribution in [3.8, 4) is 56.3 Å². The van der Waals surface area contributed by atoms with Gasteiger partial charge in [0.05, 0.1) is 33.6 Å². The van der Waals surface area contributed by atoms with Gasteiger partial charge in [0, 0.05) is 49.6 Å². The molecular weight excluding hydrogens is 667 g/mol. The van der Waals surface area contributed by atoms with Crippen molar-refractivity contribution in [2.75, 3.05) is 0 Å². The zero-order valence-electron chi connectivity index (χ0n) is 30.7. The van der Waals surface area contributed by atoms with E-state index in [4.69, 9.17) is 4.98 Å². The molecule has 3 aromatic heterocycles. The summed E-state index contributed by atoms with van der Waals surface area (Å²) in [5.74, 6) is 0. The van der Waals surface area contributed by atoms with Crippen LogP contribution in [-0.4, -0.2) is 14.1 Å². The highest BCUT2D eigenvalue weighted by Crippen LogP contribution is 2.55. The molecule has 0 aliphatic heterocycles. The maximum absolute atomic E-state index is 5.31. The first-order valence-electron chi connectivity index (χ1n) is 19.1. The molecule has 1 aliphatic carbocycles. The molecule has 3 heteroatoms. The number of rotatable bonds is 5. The first-order chi connectivity index (χ1) is 27.1. The molecule has 0 fully saturated rings. The molecule has 260 valence electrons. The Morgan fingerprint density at radius 1 is 0.436 bits per heavy atom. The predicted molar refractivity (Wildman–Crippen MR) is 229 cm³/mol. The Hall–Kier alpha value is -6.97. The van der Waals surface area contributed by atoms with Crippen molar-refractivity contribution < 1.29 is 0 Å². The molecule has 0 N–H and O–H groups in total. The van der Waals surface area contributed by atoms with Crippen LogP contribution >= 0.6 is 0 Å². The van der Waals surface area contributed by atoms with Crippen molar-refractivity contribution in [1.29, 1.82) is 0 Å². The fraction of sp³-hybridized carbons (Fsp3) is 0.0577. The Balaban J connectivity index is 1.21. The largest absolute Gasteiger partial charge is 0.309 e. The highest BCUT2D eigenvalue weighted by Gasteiger charge is 2.41. The first kappa shape index (κ1) is 31.5. The standard InChI is InChI=1S/C52H37N3/c1-52(2)43-27-14-12-26-42(43)51-49(52)48-47(54(51)38-22-10-5-11-23-38)30-29-41-40-25-13-15-28-46(40)55(50(41)48)39-24-16-21-36(31-39)45-33-37(34-17-6-3-7-18-34)32-44(53-45)35-19-8-4-9-20-35/h3-33H,1-2H3. The normalized spacial score (nSPS) is 13.1. The van der Waals surface area contributed by atoms with Crippen LogP contribution in [0.15, 0.2) is 188 Å². The molecule has 3 nitrogen and oxygen atoms in total. The Morgan fingerprint density at radius 3 is 1.84 bits per heavy atom. The van der Waals surface area contributed by atoms with E-state index in [9.17, 15) is 0 Å². The average Bonchev–Trinajstić information content (AvgIpc) is 3.86. The predicted octanol–water partition coefficient (Wildman–Crippen LogP) is 13.4. The summed E-state index contributed by atoms with van der Waals surface area (Å²) in [7, 11) is 0. The van der Waals surface area contributed by atoms with Crippen molar-refractivity contribution >= 4 is 32.7 Å². The SMILES string of the molecule is CC1(C)c2ccccc2-c2c1c1c(ccc3c4ccccc4n(-c4cccc(-c5cc(-c6ccccc6)cc(-c6ccccc6)n5)c4)c31)n2-c1ccccc1. The second-order valence-corrected chi connectivity index (χ2v) is 15.2. The van der Waals surface area contributed by atoms with Gasteiger partial charge in [-0.1, -0.05) is 153 Å². The van der Waals surface area contributed by atoms with E-state index in [1.54, 1.807) is 0 Å². The van der Waals surface area contributed by atoms with Gasteiger partial charge in [0.25, 0.3) is 0 Å². The maximum atomic E-state index is 5.31. The lowest BCUT2D eigenvalue weighted by molar-refractivity contribution is 0.666. The number of hydrogen-bond acceptors (Lipinski definition) is 1. The quantitative estimate of drug-likeness (QED) is 0.175. The topological polar surface area (TPSA) is 22.8 Å². The second-order valence-electron chi connectivity index (χ2n) is 15.2. The van der Waals surface area contributed by atoms with Crippen molar-refractivity contribution in [2.45, 2.75) is 19.3 Å². The summed E-state index contributed by atoms with van der Waals surface area (Å²) in [6, 6.07) is 67.9. The molecule has 0 saturated heterocycles. The molecule has 0 amide bonds. The van der Waals surface area contributed by atoms with E-state index in [1.165, 1.54) is 66.3 Å². The molecule has 11 rings (SSSR count). The first-order valence-corrected chi connectivity index (χ1v) is 19.1. The minimum Gasteiger partial charge on any atom is -0.309 e. The Labute approximate surface area is 320 Å². The molecular formula is C52H37N3. The fourth-order valence-corrected chi connectivity index (χ4v) is 9.21. The molecule has 0 atom stereocenters. The molecule has 0 radical (unpaired) electrons. The lowest BCUT2D eigenvalue weighted by atomic mass is 9.81. The summed E-state index contributed by atoms with van der Waals surface area (Å²) in [4.78, 5) is 5.31. The van der Waals surface area contributed by atoms with E-state index in [2.05, 4.69) is 211 Å². The van der Waals surface area contributed by atoms with Crippen LogP contribution in [0.3, 0.4) is 0 Å². The minimum atomic E-state index is -0.211. The van der Waals surface area contributed by atoms with E-state index < -0.39 is 0 Å². The van der Waals surface area contributed by atoms with Gasteiger partial charge in [-0.2, -0.15) is 0 Å². The van der Waals surface area contributed by atoms with Crippen molar-refractivity contribution in [2.24, 2.45) is 0 Å². The van der Waals surface area contributed by atoms with E-state index in [0.717, 1.165) is 33.8 Å². The number of para-hydroxylation sites is 2. The van der Waals surface area contributed by atoms with Crippen molar-refractivity contribution in [3.05, 3.63) is 199 Å². The molecule has 0 bridgehead atoms.